The Hall–Kier alpha value is -1.69. The zero-order valence-corrected chi connectivity index (χ0v) is 11.9. The highest BCUT2D eigenvalue weighted by atomic mass is 16.1. The zero-order chi connectivity index (χ0) is 14.2. The van der Waals surface area contributed by atoms with Crippen LogP contribution in [0.2, 0.25) is 0 Å². The van der Waals surface area contributed by atoms with Crippen LogP contribution in [0.1, 0.15) is 38.7 Å². The van der Waals surface area contributed by atoms with Crippen LogP contribution in [0, 0.1) is 12.3 Å². The molecule has 0 radical (unpaired) electrons. The maximum atomic E-state index is 11.7. The van der Waals surface area contributed by atoms with Gasteiger partial charge in [-0.1, -0.05) is 20.8 Å². The molecule has 6 heteroatoms. The Morgan fingerprint density at radius 2 is 2.11 bits per heavy atom. The first kappa shape index (κ1) is 13.7. The van der Waals surface area contributed by atoms with Gasteiger partial charge >= 0.3 is 0 Å². The zero-order valence-electron chi connectivity index (χ0n) is 11.9. The van der Waals surface area contributed by atoms with Crippen LogP contribution >= 0.6 is 0 Å². The number of hydrogen-bond donors (Lipinski definition) is 2. The van der Waals surface area contributed by atoms with Gasteiger partial charge in [0.1, 0.15) is 5.82 Å². The predicted octanol–water partition coefficient (Wildman–Crippen LogP) is 1.03. The molecule has 1 unspecified atom stereocenters. The van der Waals surface area contributed by atoms with Crippen LogP contribution in [-0.2, 0) is 6.42 Å². The van der Waals surface area contributed by atoms with E-state index in [1.54, 1.807) is 6.92 Å². The van der Waals surface area contributed by atoms with Crippen LogP contribution in [0.5, 0.6) is 0 Å². The van der Waals surface area contributed by atoms with Gasteiger partial charge < -0.3 is 5.73 Å². The van der Waals surface area contributed by atoms with Gasteiger partial charge in [-0.05, 0) is 18.8 Å². The second-order valence-electron chi connectivity index (χ2n) is 6.27. The molecule has 2 aromatic rings. The van der Waals surface area contributed by atoms with E-state index in [1.165, 1.54) is 10.6 Å². The van der Waals surface area contributed by atoms with Crippen LogP contribution in [0.15, 0.2) is 10.9 Å². The predicted molar refractivity (Wildman–Crippen MR) is 74.1 cm³/mol. The third kappa shape index (κ3) is 3.41. The van der Waals surface area contributed by atoms with E-state index in [9.17, 15) is 4.79 Å². The molecule has 0 aliphatic carbocycles. The van der Waals surface area contributed by atoms with Gasteiger partial charge in [-0.15, -0.1) is 0 Å². The number of nitrogens with two attached hydrogens (primary N) is 1. The molecule has 0 aromatic carbocycles. The number of hydrogen-bond acceptors (Lipinski definition) is 4. The van der Waals surface area contributed by atoms with E-state index in [1.807, 2.05) is 0 Å². The van der Waals surface area contributed by atoms with Crippen molar-refractivity contribution in [3.63, 3.8) is 0 Å². The van der Waals surface area contributed by atoms with E-state index in [4.69, 9.17) is 5.73 Å². The Labute approximate surface area is 112 Å². The van der Waals surface area contributed by atoms with E-state index < -0.39 is 0 Å². The molecule has 2 heterocycles. The van der Waals surface area contributed by atoms with Crippen molar-refractivity contribution in [1.82, 2.24) is 19.6 Å². The summed E-state index contributed by atoms with van der Waals surface area (Å²) in [5.41, 5.74) is 6.81. The molecule has 1 atom stereocenters. The Morgan fingerprint density at radius 1 is 1.42 bits per heavy atom. The molecule has 0 amide bonds. The molecule has 0 saturated heterocycles. The number of H-pyrrole nitrogens is 1. The summed E-state index contributed by atoms with van der Waals surface area (Å²) >= 11 is 0. The minimum Gasteiger partial charge on any atom is -0.327 e. The van der Waals surface area contributed by atoms with Crippen molar-refractivity contribution in [3.05, 3.63) is 27.9 Å². The highest BCUT2D eigenvalue weighted by Crippen LogP contribution is 2.20. The van der Waals surface area contributed by atoms with Crippen LogP contribution < -0.4 is 11.3 Å². The van der Waals surface area contributed by atoms with Crippen molar-refractivity contribution < 1.29 is 0 Å². The molecular formula is C13H21N5O. The lowest BCUT2D eigenvalue weighted by atomic mass is 9.87. The van der Waals surface area contributed by atoms with Crippen molar-refractivity contribution >= 4 is 5.78 Å². The largest absolute Gasteiger partial charge is 0.327 e. The van der Waals surface area contributed by atoms with E-state index in [-0.39, 0.29) is 17.0 Å². The Balaban J connectivity index is 2.23. The molecule has 0 aliphatic heterocycles. The number of nitrogens with one attached hydrogen (secondary N) is 1. The fraction of sp³-hybridized carbons (Fsp3) is 0.615. The summed E-state index contributed by atoms with van der Waals surface area (Å²) in [4.78, 5) is 20.3. The topological polar surface area (TPSA) is 89.1 Å². The van der Waals surface area contributed by atoms with Crippen LogP contribution in [0.3, 0.4) is 0 Å². The van der Waals surface area contributed by atoms with Crippen LogP contribution in [0.25, 0.3) is 5.78 Å². The Morgan fingerprint density at radius 3 is 2.74 bits per heavy atom. The summed E-state index contributed by atoms with van der Waals surface area (Å²) in [5.74, 6) is 1.11. The molecule has 2 rings (SSSR count). The SMILES string of the molecule is Cc1cc(=O)n2[nH]c(CC(N)CC(C)(C)C)nc2n1. The smallest absolute Gasteiger partial charge is 0.274 e. The first-order valence-corrected chi connectivity index (χ1v) is 6.45. The molecule has 2 aromatic heterocycles. The molecule has 6 nitrogen and oxygen atoms in total. The number of rotatable bonds is 3. The van der Waals surface area contributed by atoms with E-state index in [0.29, 0.717) is 23.7 Å². The summed E-state index contributed by atoms with van der Waals surface area (Å²) in [7, 11) is 0. The number of fused-ring (bicyclic) bond motifs is 1. The quantitative estimate of drug-likeness (QED) is 0.865. The molecule has 0 bridgehead atoms. The van der Waals surface area contributed by atoms with Gasteiger partial charge in [0.2, 0.25) is 0 Å². The second kappa shape index (κ2) is 4.77. The minimum atomic E-state index is -0.148. The molecular weight excluding hydrogens is 242 g/mol. The highest BCUT2D eigenvalue weighted by molar-refractivity contribution is 5.27. The molecule has 0 saturated carbocycles. The lowest BCUT2D eigenvalue weighted by Crippen LogP contribution is -2.29. The fourth-order valence-electron chi connectivity index (χ4n) is 2.24. The average Bonchev–Trinajstić information content (AvgIpc) is 2.56. The van der Waals surface area contributed by atoms with Crippen molar-refractivity contribution in [3.8, 4) is 0 Å². The van der Waals surface area contributed by atoms with Gasteiger partial charge in [0.05, 0.1) is 0 Å². The minimum absolute atomic E-state index is 0.0114. The Bertz CT molecular complexity index is 635. The molecule has 19 heavy (non-hydrogen) atoms. The van der Waals surface area contributed by atoms with Crippen molar-refractivity contribution in [2.45, 2.75) is 46.6 Å². The van der Waals surface area contributed by atoms with Crippen molar-refractivity contribution in [1.29, 1.82) is 0 Å². The first-order valence-electron chi connectivity index (χ1n) is 6.45. The van der Waals surface area contributed by atoms with E-state index in [2.05, 4.69) is 35.8 Å². The van der Waals surface area contributed by atoms with Gasteiger partial charge in [0.15, 0.2) is 0 Å². The molecule has 3 N–H and O–H groups in total. The van der Waals surface area contributed by atoms with Gasteiger partial charge in [-0.3, -0.25) is 9.89 Å². The fourth-order valence-corrected chi connectivity index (χ4v) is 2.24. The number of nitrogens with zero attached hydrogens (tertiary/aromatic N) is 3. The number of aryl methyl sites for hydroxylation is 1. The first-order chi connectivity index (χ1) is 8.74. The molecule has 0 fully saturated rings. The van der Waals surface area contributed by atoms with Crippen LogP contribution in [0.4, 0.5) is 0 Å². The van der Waals surface area contributed by atoms with E-state index in [0.717, 1.165) is 6.42 Å². The maximum Gasteiger partial charge on any atom is 0.274 e. The van der Waals surface area contributed by atoms with Crippen molar-refractivity contribution in [2.75, 3.05) is 0 Å². The summed E-state index contributed by atoms with van der Waals surface area (Å²) in [6.07, 6.45) is 1.50. The second-order valence-corrected chi connectivity index (χ2v) is 6.27. The summed E-state index contributed by atoms with van der Waals surface area (Å²) in [5, 5.41) is 2.96. The third-order valence-corrected chi connectivity index (χ3v) is 2.84. The van der Waals surface area contributed by atoms with Crippen molar-refractivity contribution in [2.24, 2.45) is 11.1 Å². The molecule has 0 spiro atoms. The number of aromatic nitrogens is 4. The lowest BCUT2D eigenvalue weighted by Gasteiger charge is -2.22. The van der Waals surface area contributed by atoms with Gasteiger partial charge in [0, 0.05) is 24.2 Å². The molecule has 0 aliphatic rings. The van der Waals surface area contributed by atoms with Gasteiger partial charge in [0.25, 0.3) is 11.3 Å². The summed E-state index contributed by atoms with van der Waals surface area (Å²) in [6.45, 7) is 8.24. The standard InChI is InChI=1S/C13H21N5O/c1-8-5-11(19)18-12(15-8)16-10(17-18)6-9(14)7-13(2,3)4/h5,9H,6-7,14H2,1-4H3,(H,15,16,17). The monoisotopic (exact) mass is 263 g/mol. The lowest BCUT2D eigenvalue weighted by molar-refractivity contribution is 0.336. The third-order valence-electron chi connectivity index (χ3n) is 2.84. The molecule has 104 valence electrons. The summed E-state index contributed by atoms with van der Waals surface area (Å²) < 4.78 is 1.35. The normalized spacial score (nSPS) is 13.9. The highest BCUT2D eigenvalue weighted by Gasteiger charge is 2.17. The van der Waals surface area contributed by atoms with Gasteiger partial charge in [-0.25, -0.2) is 4.98 Å². The Kier molecular flexibility index (Phi) is 3.45. The summed E-state index contributed by atoms with van der Waals surface area (Å²) in [6, 6.07) is 1.49. The number of aromatic amines is 1. The van der Waals surface area contributed by atoms with Crippen LogP contribution in [-0.4, -0.2) is 25.6 Å². The average molecular weight is 263 g/mol. The maximum absolute atomic E-state index is 11.7. The van der Waals surface area contributed by atoms with Gasteiger partial charge in [-0.2, -0.15) is 9.50 Å². The van der Waals surface area contributed by atoms with E-state index >= 15 is 0 Å².